The highest BCUT2D eigenvalue weighted by molar-refractivity contribution is 7.92. The predicted molar refractivity (Wildman–Crippen MR) is 111 cm³/mol. The smallest absolute Gasteiger partial charge is 0.233 e. The van der Waals surface area contributed by atoms with Crippen molar-refractivity contribution in [2.75, 3.05) is 26.3 Å². The van der Waals surface area contributed by atoms with Crippen molar-refractivity contribution in [3.05, 3.63) is 66.0 Å². The van der Waals surface area contributed by atoms with E-state index in [1.165, 1.54) is 24.3 Å². The molecule has 2 fully saturated rings. The van der Waals surface area contributed by atoms with Crippen LogP contribution in [0.4, 0.5) is 4.39 Å². The Morgan fingerprint density at radius 2 is 1.57 bits per heavy atom. The highest BCUT2D eigenvalue weighted by Crippen LogP contribution is 2.38. The van der Waals surface area contributed by atoms with Crippen molar-refractivity contribution in [2.24, 2.45) is 0 Å². The SMILES string of the molecule is O=C(N1CCC(S(=O)(=O)c2ccc(F)cc2)CC1)C1(c2ccccc2)CCOCC1. The molecule has 0 unspecified atom stereocenters. The summed E-state index contributed by atoms with van der Waals surface area (Å²) in [7, 11) is -3.54. The summed E-state index contributed by atoms with van der Waals surface area (Å²) in [5.74, 6) is -0.397. The van der Waals surface area contributed by atoms with Crippen molar-refractivity contribution in [3.63, 3.8) is 0 Å². The van der Waals surface area contributed by atoms with Crippen LogP contribution in [0.15, 0.2) is 59.5 Å². The maximum absolute atomic E-state index is 13.6. The lowest BCUT2D eigenvalue weighted by Gasteiger charge is -2.42. The number of carbonyl (C=O) groups is 1. The van der Waals surface area contributed by atoms with Gasteiger partial charge < -0.3 is 9.64 Å². The standard InChI is InChI=1S/C23H26FNO4S/c24-19-6-8-20(9-7-19)30(27,28)21-10-14-25(15-11-21)22(26)23(12-16-29-17-13-23)18-4-2-1-3-5-18/h1-9,21H,10-17H2. The van der Waals surface area contributed by atoms with E-state index in [2.05, 4.69) is 0 Å². The van der Waals surface area contributed by atoms with E-state index in [4.69, 9.17) is 4.74 Å². The number of amides is 1. The normalized spacial score (nSPS) is 20.1. The third-order valence-corrected chi connectivity index (χ3v) is 8.67. The average Bonchev–Trinajstić information content (AvgIpc) is 2.80. The van der Waals surface area contributed by atoms with Gasteiger partial charge in [-0.3, -0.25) is 4.79 Å². The zero-order valence-corrected chi connectivity index (χ0v) is 17.6. The summed E-state index contributed by atoms with van der Waals surface area (Å²) in [5, 5.41) is -0.561. The first-order valence-corrected chi connectivity index (χ1v) is 11.9. The number of halogens is 1. The number of nitrogens with zero attached hydrogens (tertiary/aromatic N) is 1. The summed E-state index contributed by atoms with van der Waals surface area (Å²) in [6.07, 6.45) is 2.02. The fourth-order valence-electron chi connectivity index (χ4n) is 4.59. The van der Waals surface area contributed by atoms with Crippen LogP contribution in [-0.4, -0.2) is 50.8 Å². The minimum absolute atomic E-state index is 0.0645. The number of hydrogen-bond donors (Lipinski definition) is 0. The molecule has 2 aromatic rings. The molecular weight excluding hydrogens is 405 g/mol. The molecule has 5 nitrogen and oxygen atoms in total. The number of hydrogen-bond acceptors (Lipinski definition) is 4. The molecule has 2 heterocycles. The van der Waals surface area contributed by atoms with Gasteiger partial charge in [-0.15, -0.1) is 0 Å². The molecule has 7 heteroatoms. The molecule has 0 aromatic heterocycles. The van der Waals surface area contributed by atoms with Crippen LogP contribution in [0.25, 0.3) is 0 Å². The van der Waals surface area contributed by atoms with Crippen LogP contribution in [0, 0.1) is 5.82 Å². The van der Waals surface area contributed by atoms with E-state index in [0.29, 0.717) is 52.0 Å². The molecule has 2 saturated heterocycles. The molecule has 0 saturated carbocycles. The van der Waals surface area contributed by atoms with E-state index in [0.717, 1.165) is 5.56 Å². The Labute approximate surface area is 176 Å². The molecule has 0 aliphatic carbocycles. The second-order valence-corrected chi connectivity index (χ2v) is 10.3. The monoisotopic (exact) mass is 431 g/mol. The summed E-state index contributed by atoms with van der Waals surface area (Å²) in [6.45, 7) is 1.88. The predicted octanol–water partition coefficient (Wildman–Crippen LogP) is 3.34. The maximum atomic E-state index is 13.6. The maximum Gasteiger partial charge on any atom is 0.233 e. The van der Waals surface area contributed by atoms with Crippen LogP contribution in [0.2, 0.25) is 0 Å². The van der Waals surface area contributed by atoms with Gasteiger partial charge in [0.25, 0.3) is 0 Å². The molecule has 0 bridgehead atoms. The van der Waals surface area contributed by atoms with Gasteiger partial charge >= 0.3 is 0 Å². The molecule has 160 valence electrons. The number of carbonyl (C=O) groups excluding carboxylic acids is 1. The zero-order chi connectivity index (χ0) is 21.2. The molecule has 1 amide bonds. The fraction of sp³-hybridized carbons (Fsp3) is 0.435. The van der Waals surface area contributed by atoms with Crippen LogP contribution < -0.4 is 0 Å². The summed E-state index contributed by atoms with van der Waals surface area (Å²) >= 11 is 0. The largest absolute Gasteiger partial charge is 0.381 e. The zero-order valence-electron chi connectivity index (χ0n) is 16.8. The first kappa shape index (κ1) is 21.0. The molecule has 2 aliphatic rings. The van der Waals surface area contributed by atoms with Crippen LogP contribution in [0.5, 0.6) is 0 Å². The van der Waals surface area contributed by atoms with Crippen molar-refractivity contribution in [2.45, 2.75) is 41.2 Å². The first-order valence-electron chi connectivity index (χ1n) is 10.4. The Bertz CT molecular complexity index is 978. The highest BCUT2D eigenvalue weighted by atomic mass is 32.2. The van der Waals surface area contributed by atoms with Crippen molar-refractivity contribution < 1.29 is 22.3 Å². The molecule has 0 atom stereocenters. The molecule has 2 aromatic carbocycles. The Hall–Kier alpha value is -2.25. The Morgan fingerprint density at radius 3 is 2.17 bits per heavy atom. The summed E-state index contributed by atoms with van der Waals surface area (Å²) in [5.41, 5.74) is 0.390. The molecule has 0 spiro atoms. The van der Waals surface area contributed by atoms with Crippen LogP contribution in [-0.2, 0) is 24.8 Å². The van der Waals surface area contributed by atoms with Crippen molar-refractivity contribution >= 4 is 15.7 Å². The number of piperidine rings is 1. The second kappa shape index (κ2) is 8.47. The Kier molecular flexibility index (Phi) is 5.93. The Balaban J connectivity index is 1.50. The molecule has 2 aliphatic heterocycles. The second-order valence-electron chi connectivity index (χ2n) is 8.05. The van der Waals surface area contributed by atoms with E-state index < -0.39 is 26.3 Å². The minimum atomic E-state index is -3.54. The van der Waals surface area contributed by atoms with Gasteiger partial charge in [-0.05, 0) is 55.5 Å². The van der Waals surface area contributed by atoms with E-state index in [1.807, 2.05) is 35.2 Å². The van der Waals surface area contributed by atoms with Crippen LogP contribution in [0.3, 0.4) is 0 Å². The van der Waals surface area contributed by atoms with E-state index in [-0.39, 0.29) is 10.8 Å². The average molecular weight is 432 g/mol. The summed E-state index contributed by atoms with van der Waals surface area (Å²) in [6, 6.07) is 14.8. The number of ether oxygens (including phenoxy) is 1. The lowest BCUT2D eigenvalue weighted by atomic mass is 9.72. The third-order valence-electron chi connectivity index (χ3n) is 6.39. The van der Waals surface area contributed by atoms with Gasteiger partial charge in [-0.2, -0.15) is 0 Å². The molecular formula is C23H26FNO4S. The topological polar surface area (TPSA) is 63.7 Å². The van der Waals surface area contributed by atoms with Gasteiger partial charge in [0, 0.05) is 26.3 Å². The highest BCUT2D eigenvalue weighted by Gasteiger charge is 2.45. The molecule has 30 heavy (non-hydrogen) atoms. The molecule has 0 N–H and O–H groups in total. The van der Waals surface area contributed by atoms with E-state index in [9.17, 15) is 17.6 Å². The van der Waals surface area contributed by atoms with Crippen LogP contribution in [0.1, 0.15) is 31.2 Å². The quantitative estimate of drug-likeness (QED) is 0.697. The van der Waals surface area contributed by atoms with Crippen molar-refractivity contribution in [3.8, 4) is 0 Å². The van der Waals surface area contributed by atoms with Gasteiger partial charge in [0.1, 0.15) is 5.82 Å². The minimum Gasteiger partial charge on any atom is -0.381 e. The van der Waals surface area contributed by atoms with Crippen LogP contribution >= 0.6 is 0 Å². The lowest BCUT2D eigenvalue weighted by molar-refractivity contribution is -0.142. The van der Waals surface area contributed by atoms with E-state index in [1.54, 1.807) is 0 Å². The number of rotatable bonds is 4. The number of likely N-dealkylation sites (tertiary alicyclic amines) is 1. The molecule has 0 radical (unpaired) electrons. The number of sulfone groups is 1. The van der Waals surface area contributed by atoms with Gasteiger partial charge in [0.2, 0.25) is 5.91 Å². The summed E-state index contributed by atoms with van der Waals surface area (Å²) in [4.78, 5) is 15.6. The van der Waals surface area contributed by atoms with Gasteiger partial charge in [0.05, 0.1) is 15.6 Å². The van der Waals surface area contributed by atoms with Gasteiger partial charge in [0.15, 0.2) is 9.84 Å². The lowest BCUT2D eigenvalue weighted by Crippen LogP contribution is -2.53. The van der Waals surface area contributed by atoms with Gasteiger partial charge in [-0.25, -0.2) is 12.8 Å². The fourth-order valence-corrected chi connectivity index (χ4v) is 6.32. The van der Waals surface area contributed by atoms with Crippen molar-refractivity contribution in [1.29, 1.82) is 0 Å². The Morgan fingerprint density at radius 1 is 0.967 bits per heavy atom. The summed E-state index contributed by atoms with van der Waals surface area (Å²) < 4.78 is 44.5. The van der Waals surface area contributed by atoms with E-state index >= 15 is 0 Å². The molecule has 4 rings (SSSR count). The third kappa shape index (κ3) is 3.88. The van der Waals surface area contributed by atoms with Gasteiger partial charge in [-0.1, -0.05) is 30.3 Å². The van der Waals surface area contributed by atoms with Crippen molar-refractivity contribution in [1.82, 2.24) is 4.90 Å². The first-order chi connectivity index (χ1) is 14.4. The number of benzene rings is 2.